The number of rotatable bonds is 4. The first-order valence-corrected chi connectivity index (χ1v) is 3.54. The zero-order chi connectivity index (χ0) is 7.33. The minimum atomic E-state index is -0.602. The second kappa shape index (κ2) is 3.67. The maximum atomic E-state index is 9.51. The van der Waals surface area contributed by atoms with Gasteiger partial charge in [-0.15, -0.1) is 6.58 Å². The third-order valence-electron chi connectivity index (χ3n) is 1.68. The van der Waals surface area contributed by atoms with Gasteiger partial charge in [-0.1, -0.05) is 26.3 Å². The van der Waals surface area contributed by atoms with Gasteiger partial charge in [-0.3, -0.25) is 0 Å². The zero-order valence-corrected chi connectivity index (χ0v) is 6.35. The summed E-state index contributed by atoms with van der Waals surface area (Å²) in [7, 11) is 0. The predicted octanol–water partition coefficient (Wildman–Crippen LogP) is 2.11. The molecule has 0 rings (SSSR count). The van der Waals surface area contributed by atoms with Gasteiger partial charge in [0.05, 0.1) is 5.60 Å². The zero-order valence-electron chi connectivity index (χ0n) is 6.35. The van der Waals surface area contributed by atoms with Crippen molar-refractivity contribution < 1.29 is 5.11 Å². The van der Waals surface area contributed by atoms with E-state index in [-0.39, 0.29) is 0 Å². The second-order valence-corrected chi connectivity index (χ2v) is 2.41. The first kappa shape index (κ1) is 8.70. The van der Waals surface area contributed by atoms with Crippen LogP contribution in [0, 0.1) is 0 Å². The molecule has 0 aromatic rings. The Balaban J connectivity index is 3.76. The summed E-state index contributed by atoms with van der Waals surface area (Å²) in [5.41, 5.74) is -0.602. The number of aliphatic hydroxyl groups is 1. The van der Waals surface area contributed by atoms with E-state index in [0.29, 0.717) is 0 Å². The molecule has 1 heteroatoms. The normalized spacial score (nSPS) is 16.8. The molecule has 1 N–H and O–H groups in total. The smallest absolute Gasteiger partial charge is 0.0822 e. The van der Waals surface area contributed by atoms with Crippen molar-refractivity contribution in [3.05, 3.63) is 12.7 Å². The highest BCUT2D eigenvalue weighted by Crippen LogP contribution is 2.17. The van der Waals surface area contributed by atoms with E-state index in [1.54, 1.807) is 6.08 Å². The quantitative estimate of drug-likeness (QED) is 0.575. The molecule has 0 aliphatic heterocycles. The number of hydrogen-bond donors (Lipinski definition) is 1. The van der Waals surface area contributed by atoms with Gasteiger partial charge >= 0.3 is 0 Å². The molecule has 0 aliphatic rings. The fourth-order valence-electron chi connectivity index (χ4n) is 0.856. The molecule has 0 spiro atoms. The van der Waals surface area contributed by atoms with Crippen LogP contribution >= 0.6 is 0 Å². The molecule has 0 radical (unpaired) electrons. The summed E-state index contributed by atoms with van der Waals surface area (Å²) in [5.74, 6) is 0. The fraction of sp³-hybridized carbons (Fsp3) is 0.750. The van der Waals surface area contributed by atoms with E-state index in [0.717, 1.165) is 19.3 Å². The lowest BCUT2D eigenvalue weighted by atomic mass is 9.96. The Morgan fingerprint density at radius 2 is 2.11 bits per heavy atom. The van der Waals surface area contributed by atoms with Crippen LogP contribution in [0.25, 0.3) is 0 Å². The Morgan fingerprint density at radius 3 is 2.22 bits per heavy atom. The third kappa shape index (κ3) is 2.66. The maximum Gasteiger partial charge on any atom is 0.0822 e. The summed E-state index contributed by atoms with van der Waals surface area (Å²) in [6.45, 7) is 7.60. The Morgan fingerprint density at radius 1 is 1.56 bits per heavy atom. The van der Waals surface area contributed by atoms with Gasteiger partial charge in [0.15, 0.2) is 0 Å². The highest BCUT2D eigenvalue weighted by molar-refractivity contribution is 4.93. The van der Waals surface area contributed by atoms with E-state index in [1.807, 2.05) is 6.92 Å². The molecule has 0 amide bonds. The van der Waals surface area contributed by atoms with Crippen molar-refractivity contribution in [3.63, 3.8) is 0 Å². The van der Waals surface area contributed by atoms with E-state index < -0.39 is 5.60 Å². The summed E-state index contributed by atoms with van der Waals surface area (Å²) in [6, 6.07) is 0. The molecule has 1 atom stereocenters. The van der Waals surface area contributed by atoms with Gasteiger partial charge in [-0.2, -0.15) is 0 Å². The Bertz CT molecular complexity index is 88.6. The summed E-state index contributed by atoms with van der Waals surface area (Å²) < 4.78 is 0. The lowest BCUT2D eigenvalue weighted by Crippen LogP contribution is -2.23. The SMILES string of the molecule is C=CC(O)(CC)CCC. The molecule has 0 aromatic carbocycles. The summed E-state index contributed by atoms with van der Waals surface area (Å²) in [6.07, 6.45) is 4.24. The molecule has 0 aliphatic carbocycles. The Hall–Kier alpha value is -0.300. The average Bonchev–Trinajstić information content (AvgIpc) is 1.89. The van der Waals surface area contributed by atoms with Crippen molar-refractivity contribution in [1.29, 1.82) is 0 Å². The molecule has 0 saturated carbocycles. The molecule has 54 valence electrons. The van der Waals surface area contributed by atoms with Crippen LogP contribution in [-0.4, -0.2) is 10.7 Å². The van der Waals surface area contributed by atoms with Crippen molar-refractivity contribution in [3.8, 4) is 0 Å². The highest BCUT2D eigenvalue weighted by atomic mass is 16.3. The molecule has 1 nitrogen and oxygen atoms in total. The Kier molecular flexibility index (Phi) is 3.55. The van der Waals surface area contributed by atoms with Gasteiger partial charge in [0.2, 0.25) is 0 Å². The molecular formula is C8H16O. The van der Waals surface area contributed by atoms with Crippen LogP contribution in [0.15, 0.2) is 12.7 Å². The van der Waals surface area contributed by atoms with Crippen molar-refractivity contribution in [1.82, 2.24) is 0 Å². The van der Waals surface area contributed by atoms with E-state index >= 15 is 0 Å². The van der Waals surface area contributed by atoms with Crippen LogP contribution in [-0.2, 0) is 0 Å². The predicted molar refractivity (Wildman–Crippen MR) is 40.3 cm³/mol. The van der Waals surface area contributed by atoms with Gasteiger partial charge in [0.25, 0.3) is 0 Å². The first-order chi connectivity index (χ1) is 4.18. The molecule has 0 heterocycles. The molecule has 0 bridgehead atoms. The highest BCUT2D eigenvalue weighted by Gasteiger charge is 2.17. The molecule has 0 saturated heterocycles. The first-order valence-electron chi connectivity index (χ1n) is 3.54. The van der Waals surface area contributed by atoms with Crippen molar-refractivity contribution in [2.75, 3.05) is 0 Å². The van der Waals surface area contributed by atoms with Gasteiger partial charge in [0.1, 0.15) is 0 Å². The van der Waals surface area contributed by atoms with Gasteiger partial charge < -0.3 is 5.11 Å². The lowest BCUT2D eigenvalue weighted by molar-refractivity contribution is 0.0770. The van der Waals surface area contributed by atoms with Gasteiger partial charge in [-0.25, -0.2) is 0 Å². The molecule has 9 heavy (non-hydrogen) atoms. The Labute approximate surface area is 57.4 Å². The largest absolute Gasteiger partial charge is 0.386 e. The number of hydrogen-bond acceptors (Lipinski definition) is 1. The lowest BCUT2D eigenvalue weighted by Gasteiger charge is -2.20. The summed E-state index contributed by atoms with van der Waals surface area (Å²) in [4.78, 5) is 0. The van der Waals surface area contributed by atoms with E-state index in [2.05, 4.69) is 13.5 Å². The topological polar surface area (TPSA) is 20.2 Å². The van der Waals surface area contributed by atoms with Crippen molar-refractivity contribution in [2.45, 2.75) is 38.7 Å². The van der Waals surface area contributed by atoms with Gasteiger partial charge in [0, 0.05) is 0 Å². The molecule has 1 unspecified atom stereocenters. The monoisotopic (exact) mass is 128 g/mol. The second-order valence-electron chi connectivity index (χ2n) is 2.41. The van der Waals surface area contributed by atoms with Crippen molar-refractivity contribution >= 4 is 0 Å². The average molecular weight is 128 g/mol. The van der Waals surface area contributed by atoms with Crippen molar-refractivity contribution in [2.24, 2.45) is 0 Å². The van der Waals surface area contributed by atoms with Crippen LogP contribution in [0.4, 0.5) is 0 Å². The molecule has 0 aromatic heterocycles. The van der Waals surface area contributed by atoms with Crippen LogP contribution < -0.4 is 0 Å². The van der Waals surface area contributed by atoms with E-state index in [4.69, 9.17) is 0 Å². The fourth-order valence-corrected chi connectivity index (χ4v) is 0.856. The van der Waals surface area contributed by atoms with E-state index in [1.165, 1.54) is 0 Å². The van der Waals surface area contributed by atoms with Crippen LogP contribution in [0.1, 0.15) is 33.1 Å². The summed E-state index contributed by atoms with van der Waals surface area (Å²) >= 11 is 0. The summed E-state index contributed by atoms with van der Waals surface area (Å²) in [5, 5.41) is 9.51. The van der Waals surface area contributed by atoms with Gasteiger partial charge in [-0.05, 0) is 12.8 Å². The van der Waals surface area contributed by atoms with Crippen LogP contribution in [0.3, 0.4) is 0 Å². The molecule has 0 fully saturated rings. The molecular weight excluding hydrogens is 112 g/mol. The van der Waals surface area contributed by atoms with E-state index in [9.17, 15) is 5.11 Å². The standard InChI is InChI=1S/C8H16O/c1-4-7-8(9,5-2)6-3/h5,9H,2,4,6-7H2,1,3H3. The minimum absolute atomic E-state index is 0.602. The van der Waals surface area contributed by atoms with Crippen LogP contribution in [0.2, 0.25) is 0 Å². The van der Waals surface area contributed by atoms with Crippen LogP contribution in [0.5, 0.6) is 0 Å². The third-order valence-corrected chi connectivity index (χ3v) is 1.68. The minimum Gasteiger partial charge on any atom is -0.386 e. The maximum absolute atomic E-state index is 9.51.